The Hall–Kier alpha value is 0.215. The number of methoxy groups -OCH3 is 1. The summed E-state index contributed by atoms with van der Waals surface area (Å²) in [4.78, 5) is 21.0. The van der Waals surface area contributed by atoms with E-state index in [1.54, 1.807) is 15.7 Å². The van der Waals surface area contributed by atoms with Crippen molar-refractivity contribution in [2.75, 3.05) is 20.3 Å². The maximum absolute atomic E-state index is 13.1. The van der Waals surface area contributed by atoms with E-state index in [0.29, 0.717) is 12.8 Å². The summed E-state index contributed by atoms with van der Waals surface area (Å²) in [7, 11) is -2.25. The molecule has 0 aromatic carbocycles. The Balaban J connectivity index is 1.59. The zero-order valence-corrected chi connectivity index (χ0v) is 25.0. The second-order valence-corrected chi connectivity index (χ2v) is 13.2. The van der Waals surface area contributed by atoms with Crippen molar-refractivity contribution in [1.29, 1.82) is 0 Å². The lowest BCUT2D eigenvalue weighted by atomic mass is 9.93. The molecule has 13 nitrogen and oxygen atoms in total. The van der Waals surface area contributed by atoms with Gasteiger partial charge in [0.1, 0.15) is 48.0 Å². The van der Waals surface area contributed by atoms with Gasteiger partial charge in [-0.2, -0.15) is 0 Å². The van der Waals surface area contributed by atoms with Gasteiger partial charge in [0.15, 0.2) is 0 Å². The highest BCUT2D eigenvalue weighted by Gasteiger charge is 2.49. The first-order chi connectivity index (χ1) is 17.7. The van der Waals surface area contributed by atoms with Gasteiger partial charge in [-0.25, -0.2) is 9.13 Å². The van der Waals surface area contributed by atoms with Crippen LogP contribution >= 0.6 is 15.6 Å². The second-order valence-electron chi connectivity index (χ2n) is 10.4. The molecule has 3 heterocycles. The monoisotopic (exact) mass is 584 g/mol. The fourth-order valence-corrected chi connectivity index (χ4v) is 7.21. The molecule has 218 valence electrons. The van der Waals surface area contributed by atoms with Crippen LogP contribution in [0, 0.1) is 0 Å². The summed E-state index contributed by atoms with van der Waals surface area (Å²) in [6, 6.07) is -0.848. The fourth-order valence-electron chi connectivity index (χ4n) is 5.07. The zero-order chi connectivity index (χ0) is 28.3. The van der Waals surface area contributed by atoms with Gasteiger partial charge in [0.2, 0.25) is 0 Å². The summed E-state index contributed by atoms with van der Waals surface area (Å²) in [5.74, 6) is 0. The highest BCUT2D eigenvalue weighted by Crippen LogP contribution is 2.52. The maximum atomic E-state index is 13.1. The van der Waals surface area contributed by atoms with E-state index in [2.05, 4.69) is 0 Å². The molecule has 0 aliphatic carbocycles. The number of ether oxygens (including phenoxy) is 5. The fraction of sp³-hybridized carbons (Fsp3) is 1.00. The van der Waals surface area contributed by atoms with Crippen molar-refractivity contribution in [3.63, 3.8) is 0 Å². The Morgan fingerprint density at radius 2 is 1.42 bits per heavy atom. The molecule has 0 amide bonds. The molecule has 3 rings (SSSR count). The van der Waals surface area contributed by atoms with Crippen molar-refractivity contribution in [2.24, 2.45) is 0 Å². The van der Waals surface area contributed by atoms with Gasteiger partial charge in [0, 0.05) is 19.1 Å². The first kappa shape index (κ1) is 32.7. The van der Waals surface area contributed by atoms with Crippen LogP contribution in [0.5, 0.6) is 0 Å². The van der Waals surface area contributed by atoms with E-state index in [1.807, 2.05) is 28.6 Å². The van der Waals surface area contributed by atoms with E-state index < -0.39 is 64.9 Å². The molecule has 3 fully saturated rings. The molecule has 11 unspecified atom stereocenters. The van der Waals surface area contributed by atoms with Gasteiger partial charge in [-0.15, -0.1) is 0 Å². The summed E-state index contributed by atoms with van der Waals surface area (Å²) in [6.07, 6.45) is -3.66. The lowest BCUT2D eigenvalue weighted by molar-refractivity contribution is -0.0581. The van der Waals surface area contributed by atoms with Gasteiger partial charge in [0.05, 0.1) is 43.6 Å². The van der Waals surface area contributed by atoms with Crippen LogP contribution in [-0.2, 0) is 50.9 Å². The van der Waals surface area contributed by atoms with Crippen LogP contribution in [0.4, 0.5) is 0 Å². The lowest BCUT2D eigenvalue weighted by Gasteiger charge is -2.28. The van der Waals surface area contributed by atoms with Gasteiger partial charge in [-0.3, -0.25) is 18.1 Å². The third-order valence-electron chi connectivity index (χ3n) is 6.78. The van der Waals surface area contributed by atoms with Gasteiger partial charge >= 0.3 is 15.6 Å². The van der Waals surface area contributed by atoms with E-state index in [0.717, 1.165) is 0 Å². The molecular formula is C20H41B3O13P2. The standard InChI is InChI=1S/C20H41B3O13P2/c1-5-11-12(6-16(21)31-11)34-37(24,25)30-9-14-13(7-17(22)32-14)35-38(26,27)36-18-15(8-29-10(2)3)33-20(23)19(18)28-4/h10-20H,5-9,21-23H2,1-4H3,(H,24,25)(H,26,27)/t11?,12?,13?,14?,15?,16?,17?,18-,19?,20?/m1/s1. The molecule has 3 saturated heterocycles. The van der Waals surface area contributed by atoms with Crippen molar-refractivity contribution in [1.82, 2.24) is 0 Å². The van der Waals surface area contributed by atoms with Crippen LogP contribution < -0.4 is 0 Å². The summed E-state index contributed by atoms with van der Waals surface area (Å²) in [5.41, 5.74) is 0. The Morgan fingerprint density at radius 1 is 0.842 bits per heavy atom. The molecule has 3 aliphatic rings. The smallest absolute Gasteiger partial charge is 0.381 e. The van der Waals surface area contributed by atoms with Crippen LogP contribution in [0.2, 0.25) is 0 Å². The Bertz CT molecular complexity index is 857. The number of rotatable bonds is 14. The Kier molecular flexibility index (Phi) is 12.0. The average Bonchev–Trinajstić information content (AvgIpc) is 3.43. The van der Waals surface area contributed by atoms with E-state index in [-0.39, 0.29) is 37.2 Å². The zero-order valence-electron chi connectivity index (χ0n) is 23.2. The average molecular weight is 584 g/mol. The van der Waals surface area contributed by atoms with E-state index in [1.165, 1.54) is 7.11 Å². The number of phosphoric ester groups is 2. The minimum absolute atomic E-state index is 0.0739. The van der Waals surface area contributed by atoms with Crippen LogP contribution in [0.15, 0.2) is 0 Å². The molecule has 0 saturated carbocycles. The molecule has 0 aromatic rings. The highest BCUT2D eigenvalue weighted by molar-refractivity contribution is 7.47. The van der Waals surface area contributed by atoms with Crippen LogP contribution in [0.25, 0.3) is 0 Å². The molecule has 0 aromatic heterocycles. The molecule has 0 spiro atoms. The SMILES string of the molecule is BC1CC(OP(=O)(O)OCC2OC(B)CC2OP(=O)(O)O[C@@H]2C(COC(C)C)OC(B)C2OC)C(CC)O1. The minimum Gasteiger partial charge on any atom is -0.381 e. The molecule has 12 atom stereocenters. The van der Waals surface area contributed by atoms with E-state index in [9.17, 15) is 18.9 Å². The van der Waals surface area contributed by atoms with E-state index >= 15 is 0 Å². The molecule has 0 bridgehead atoms. The topological polar surface area (TPSA) is 158 Å². The Morgan fingerprint density at radius 3 is 2.00 bits per heavy atom. The van der Waals surface area contributed by atoms with Crippen LogP contribution in [-0.4, -0.2) is 120 Å². The summed E-state index contributed by atoms with van der Waals surface area (Å²) < 4.78 is 75.7. The number of phosphoric acid groups is 2. The Labute approximate surface area is 227 Å². The van der Waals surface area contributed by atoms with Crippen molar-refractivity contribution in [3.05, 3.63) is 0 Å². The van der Waals surface area contributed by atoms with Gasteiger partial charge < -0.3 is 33.5 Å². The minimum atomic E-state index is -4.65. The number of hydrogen-bond acceptors (Lipinski definition) is 11. The first-order valence-corrected chi connectivity index (χ1v) is 16.2. The highest BCUT2D eigenvalue weighted by atomic mass is 31.2. The van der Waals surface area contributed by atoms with Gasteiger partial charge in [-0.05, 0) is 33.1 Å². The van der Waals surface area contributed by atoms with Crippen molar-refractivity contribution < 1.29 is 60.7 Å². The maximum Gasteiger partial charge on any atom is 0.473 e. The van der Waals surface area contributed by atoms with Crippen LogP contribution in [0.3, 0.4) is 0 Å². The van der Waals surface area contributed by atoms with Crippen molar-refractivity contribution >= 4 is 39.2 Å². The van der Waals surface area contributed by atoms with Gasteiger partial charge in [0.25, 0.3) is 0 Å². The second kappa shape index (κ2) is 13.9. The predicted octanol–water partition coefficient (Wildman–Crippen LogP) is -0.936. The summed E-state index contributed by atoms with van der Waals surface area (Å²) in [6.45, 7) is 5.39. The van der Waals surface area contributed by atoms with E-state index in [4.69, 9.17) is 41.8 Å². The third kappa shape index (κ3) is 9.11. The van der Waals surface area contributed by atoms with Crippen molar-refractivity contribution in [3.8, 4) is 0 Å². The summed E-state index contributed by atoms with van der Waals surface area (Å²) >= 11 is 0. The normalized spacial score (nSPS) is 40.9. The van der Waals surface area contributed by atoms with Crippen molar-refractivity contribution in [2.45, 2.75) is 107 Å². The molecule has 0 radical (unpaired) electrons. The molecular weight excluding hydrogens is 543 g/mol. The van der Waals surface area contributed by atoms with Gasteiger partial charge in [-0.1, -0.05) is 6.92 Å². The molecule has 18 heteroatoms. The molecule has 38 heavy (non-hydrogen) atoms. The molecule has 2 N–H and O–H groups in total. The predicted molar refractivity (Wildman–Crippen MR) is 143 cm³/mol. The third-order valence-corrected chi connectivity index (χ3v) is 8.84. The van der Waals surface area contributed by atoms with Crippen LogP contribution in [0.1, 0.15) is 40.0 Å². The quantitative estimate of drug-likeness (QED) is 0.191. The number of hydrogen-bond donors (Lipinski definition) is 2. The lowest BCUT2D eigenvalue weighted by Crippen LogP contribution is -2.39. The first-order valence-electron chi connectivity index (χ1n) is 13.2. The summed E-state index contributed by atoms with van der Waals surface area (Å²) in [5, 5.41) is 0. The molecule has 3 aliphatic heterocycles. The largest absolute Gasteiger partial charge is 0.473 e.